The molecule has 3 atom stereocenters. The van der Waals surface area contributed by atoms with Crippen LogP contribution in [-0.2, 0) is 28.7 Å². The maximum Gasteiger partial charge on any atom is 0.312 e. The van der Waals surface area contributed by atoms with Gasteiger partial charge in [-0.15, -0.1) is 0 Å². The summed E-state index contributed by atoms with van der Waals surface area (Å²) in [6, 6.07) is -2.44. The van der Waals surface area contributed by atoms with E-state index in [4.69, 9.17) is 10.5 Å². The van der Waals surface area contributed by atoms with Crippen molar-refractivity contribution < 1.29 is 33.5 Å². The van der Waals surface area contributed by atoms with Gasteiger partial charge in [0.05, 0.1) is 25.7 Å². The number of hydrogen-bond donors (Lipinski definition) is 5. The fourth-order valence-electron chi connectivity index (χ4n) is 4.32. The van der Waals surface area contributed by atoms with Crippen molar-refractivity contribution in [2.45, 2.75) is 93.2 Å². The zero-order valence-corrected chi connectivity index (χ0v) is 26.6. The Morgan fingerprint density at radius 1 is 0.976 bits per heavy atom. The van der Waals surface area contributed by atoms with Crippen LogP contribution in [0.5, 0.6) is 0 Å². The Morgan fingerprint density at radius 2 is 1.62 bits per heavy atom. The topological polar surface area (TPSA) is 189 Å². The van der Waals surface area contributed by atoms with Crippen molar-refractivity contribution in [2.24, 2.45) is 28.4 Å². The minimum atomic E-state index is -0.895. The van der Waals surface area contributed by atoms with Crippen molar-refractivity contribution in [2.75, 3.05) is 32.8 Å². The summed E-state index contributed by atoms with van der Waals surface area (Å²) in [4.78, 5) is 75.7. The standard InChI is InChI=1S/C29H52N6O7/c1-18(2)23(25(39)33-20(10-9-12-31-27(30)41)24(38)32-17-28(3,4)5)34-21(36)11-14-42-15-13-35-22(37)16-19(26(35)40)29(6,7)8/h18-20,23H,9-17H2,1-8H3,(H,32,38)(H,33,39)(H,34,36)(H3,30,31,41). The Bertz CT molecular complexity index is 971. The van der Waals surface area contributed by atoms with Gasteiger partial charge in [0, 0.05) is 25.9 Å². The van der Waals surface area contributed by atoms with Crippen LogP contribution in [-0.4, -0.2) is 85.4 Å². The van der Waals surface area contributed by atoms with E-state index in [9.17, 15) is 28.8 Å². The molecule has 42 heavy (non-hydrogen) atoms. The normalized spacial score (nSPS) is 17.2. The molecule has 0 bridgehead atoms. The first-order chi connectivity index (χ1) is 19.3. The minimum absolute atomic E-state index is 0.0305. The Morgan fingerprint density at radius 3 is 2.14 bits per heavy atom. The second-order valence-corrected chi connectivity index (χ2v) is 13.4. The number of hydrogen-bond acceptors (Lipinski definition) is 7. The van der Waals surface area contributed by atoms with Crippen molar-refractivity contribution in [3.05, 3.63) is 0 Å². The van der Waals surface area contributed by atoms with E-state index < -0.39 is 29.9 Å². The van der Waals surface area contributed by atoms with E-state index in [0.717, 1.165) is 0 Å². The highest BCUT2D eigenvalue weighted by Crippen LogP contribution is 2.35. The Balaban J connectivity index is 2.63. The van der Waals surface area contributed by atoms with E-state index in [1.54, 1.807) is 13.8 Å². The number of imide groups is 1. The molecule has 1 aliphatic heterocycles. The highest BCUT2D eigenvalue weighted by atomic mass is 16.5. The van der Waals surface area contributed by atoms with Gasteiger partial charge in [-0.25, -0.2) is 4.79 Å². The van der Waals surface area contributed by atoms with Crippen molar-refractivity contribution in [1.29, 1.82) is 0 Å². The molecule has 0 aliphatic carbocycles. The molecule has 7 amide bonds. The van der Waals surface area contributed by atoms with Crippen LogP contribution in [0, 0.1) is 22.7 Å². The first-order valence-electron chi connectivity index (χ1n) is 14.7. The third-order valence-electron chi connectivity index (χ3n) is 6.88. The van der Waals surface area contributed by atoms with Crippen molar-refractivity contribution in [3.8, 4) is 0 Å². The molecule has 0 spiro atoms. The maximum absolute atomic E-state index is 13.2. The average molecular weight is 597 g/mol. The highest BCUT2D eigenvalue weighted by molar-refractivity contribution is 6.03. The predicted octanol–water partition coefficient (Wildman–Crippen LogP) is 1.05. The first-order valence-corrected chi connectivity index (χ1v) is 14.7. The van der Waals surface area contributed by atoms with Crippen LogP contribution >= 0.6 is 0 Å². The molecule has 1 heterocycles. The van der Waals surface area contributed by atoms with Crippen molar-refractivity contribution in [1.82, 2.24) is 26.2 Å². The maximum atomic E-state index is 13.2. The zero-order valence-electron chi connectivity index (χ0n) is 26.6. The number of ether oxygens (including phenoxy) is 1. The van der Waals surface area contributed by atoms with Gasteiger partial charge in [-0.2, -0.15) is 0 Å². The largest absolute Gasteiger partial charge is 0.379 e. The van der Waals surface area contributed by atoms with Gasteiger partial charge in [-0.3, -0.25) is 28.9 Å². The number of carbonyl (C=O) groups is 6. The summed E-state index contributed by atoms with van der Waals surface area (Å²) in [5.41, 5.74) is 4.63. The molecule has 13 nitrogen and oxygen atoms in total. The lowest BCUT2D eigenvalue weighted by Gasteiger charge is -2.26. The summed E-state index contributed by atoms with van der Waals surface area (Å²) < 4.78 is 5.51. The lowest BCUT2D eigenvalue weighted by Crippen LogP contribution is -2.56. The Kier molecular flexibility index (Phi) is 14.4. The molecular weight excluding hydrogens is 544 g/mol. The van der Waals surface area contributed by atoms with Crippen molar-refractivity contribution >= 4 is 35.6 Å². The van der Waals surface area contributed by atoms with Crippen LogP contribution in [0.4, 0.5) is 4.79 Å². The second kappa shape index (κ2) is 16.4. The number of carbonyl (C=O) groups excluding carboxylic acids is 6. The zero-order chi connectivity index (χ0) is 32.3. The Hall–Kier alpha value is -3.22. The van der Waals surface area contributed by atoms with Gasteiger partial charge in [0.25, 0.3) is 0 Å². The van der Waals surface area contributed by atoms with Crippen molar-refractivity contribution in [3.63, 3.8) is 0 Å². The first kappa shape index (κ1) is 36.8. The lowest BCUT2D eigenvalue weighted by molar-refractivity contribution is -0.141. The number of urea groups is 1. The van der Waals surface area contributed by atoms with Gasteiger partial charge in [-0.05, 0) is 29.6 Å². The van der Waals surface area contributed by atoms with Gasteiger partial charge in [0.1, 0.15) is 12.1 Å². The van der Waals surface area contributed by atoms with Gasteiger partial charge in [-0.1, -0.05) is 55.4 Å². The molecule has 0 saturated carbocycles. The number of nitrogens with zero attached hydrogens (tertiary/aromatic N) is 1. The quantitative estimate of drug-likeness (QED) is 0.130. The monoisotopic (exact) mass is 596 g/mol. The molecule has 6 N–H and O–H groups in total. The molecule has 0 aromatic heterocycles. The second-order valence-electron chi connectivity index (χ2n) is 13.4. The highest BCUT2D eigenvalue weighted by Gasteiger charge is 2.44. The molecule has 3 unspecified atom stereocenters. The van der Waals surface area contributed by atoms with Crippen LogP contribution in [0.1, 0.15) is 81.1 Å². The SMILES string of the molecule is CC(C)C(NC(=O)CCOCCN1C(=O)CC(C(C)(C)C)C1=O)C(=O)NC(CCCNC(N)=O)C(=O)NCC(C)(C)C. The predicted molar refractivity (Wildman–Crippen MR) is 158 cm³/mol. The van der Waals surface area contributed by atoms with Crippen LogP contribution in [0.3, 0.4) is 0 Å². The molecule has 1 rings (SSSR count). The van der Waals surface area contributed by atoms with E-state index in [1.165, 1.54) is 4.90 Å². The molecule has 0 aromatic carbocycles. The number of amides is 7. The summed E-state index contributed by atoms with van der Waals surface area (Å²) in [6.45, 7) is 16.2. The molecule has 13 heteroatoms. The van der Waals surface area contributed by atoms with E-state index in [0.29, 0.717) is 13.0 Å². The number of nitrogens with one attached hydrogen (secondary N) is 4. The smallest absolute Gasteiger partial charge is 0.312 e. The number of likely N-dealkylation sites (tertiary alicyclic amines) is 1. The number of nitrogens with two attached hydrogens (primary N) is 1. The van der Waals surface area contributed by atoms with Crippen LogP contribution in [0.15, 0.2) is 0 Å². The average Bonchev–Trinajstić information content (AvgIpc) is 3.15. The third kappa shape index (κ3) is 13.2. The van der Waals surface area contributed by atoms with E-state index >= 15 is 0 Å². The molecule has 0 radical (unpaired) electrons. The van der Waals surface area contributed by atoms with Gasteiger partial charge in [0.2, 0.25) is 29.5 Å². The van der Waals surface area contributed by atoms with E-state index in [1.807, 2.05) is 41.5 Å². The van der Waals surface area contributed by atoms with Crippen LogP contribution < -0.4 is 27.0 Å². The van der Waals surface area contributed by atoms with Gasteiger partial charge < -0.3 is 31.7 Å². The molecule has 1 aliphatic rings. The number of rotatable bonds is 16. The molecule has 1 fully saturated rings. The molecular formula is C29H52N6O7. The summed E-state index contributed by atoms with van der Waals surface area (Å²) >= 11 is 0. The van der Waals surface area contributed by atoms with E-state index in [-0.39, 0.29) is 86.0 Å². The Labute approximate surface area is 249 Å². The summed E-state index contributed by atoms with van der Waals surface area (Å²) in [6.07, 6.45) is 0.815. The van der Waals surface area contributed by atoms with E-state index in [2.05, 4.69) is 21.3 Å². The van der Waals surface area contributed by atoms with Gasteiger partial charge in [0.15, 0.2) is 0 Å². The summed E-state index contributed by atoms with van der Waals surface area (Å²) in [5.74, 6) is -2.32. The molecule has 0 aromatic rings. The number of primary amides is 1. The fourth-order valence-corrected chi connectivity index (χ4v) is 4.32. The molecule has 1 saturated heterocycles. The lowest BCUT2D eigenvalue weighted by atomic mass is 9.80. The fraction of sp³-hybridized carbons (Fsp3) is 0.793. The van der Waals surface area contributed by atoms with Crippen LogP contribution in [0.25, 0.3) is 0 Å². The summed E-state index contributed by atoms with van der Waals surface area (Å²) in [7, 11) is 0. The third-order valence-corrected chi connectivity index (χ3v) is 6.88. The van der Waals surface area contributed by atoms with Crippen LogP contribution in [0.2, 0.25) is 0 Å². The minimum Gasteiger partial charge on any atom is -0.379 e. The summed E-state index contributed by atoms with van der Waals surface area (Å²) in [5, 5.41) is 10.8. The van der Waals surface area contributed by atoms with Gasteiger partial charge >= 0.3 is 6.03 Å². The molecule has 240 valence electrons.